The van der Waals surface area contributed by atoms with Gasteiger partial charge in [0.05, 0.1) is 30.3 Å². The zero-order valence-electron chi connectivity index (χ0n) is 12.3. The number of nitrogens with zero attached hydrogens (tertiary/aromatic N) is 2. The Hall–Kier alpha value is -1.29. The van der Waals surface area contributed by atoms with Gasteiger partial charge in [-0.2, -0.15) is 5.10 Å². The summed E-state index contributed by atoms with van der Waals surface area (Å²) in [4.78, 5) is 0. The van der Waals surface area contributed by atoms with E-state index in [2.05, 4.69) is 30.3 Å². The highest BCUT2D eigenvalue weighted by atomic mass is 16.5. The molecule has 19 heavy (non-hydrogen) atoms. The lowest BCUT2D eigenvalue weighted by Gasteiger charge is -2.24. The summed E-state index contributed by atoms with van der Waals surface area (Å²) in [5.74, 6) is 0. The van der Waals surface area contributed by atoms with E-state index in [0.717, 1.165) is 44.5 Å². The van der Waals surface area contributed by atoms with Gasteiger partial charge in [-0.3, -0.25) is 4.68 Å². The molecule has 0 saturated carbocycles. The molecular formula is C15H25N3O. The van der Waals surface area contributed by atoms with Crippen molar-refractivity contribution in [2.24, 2.45) is 7.05 Å². The van der Waals surface area contributed by atoms with Gasteiger partial charge >= 0.3 is 0 Å². The van der Waals surface area contributed by atoms with E-state index in [1.165, 1.54) is 11.3 Å². The second-order valence-corrected chi connectivity index (χ2v) is 5.09. The van der Waals surface area contributed by atoms with Gasteiger partial charge in [0.2, 0.25) is 0 Å². The van der Waals surface area contributed by atoms with E-state index in [1.807, 2.05) is 18.0 Å². The Morgan fingerprint density at radius 3 is 2.89 bits per heavy atom. The fraction of sp³-hybridized carbons (Fsp3) is 0.667. The molecule has 0 aliphatic carbocycles. The molecule has 0 saturated heterocycles. The lowest BCUT2D eigenvalue weighted by atomic mass is 9.98. The highest BCUT2D eigenvalue weighted by Crippen LogP contribution is 2.28. The maximum Gasteiger partial charge on any atom is 0.0876 e. The molecule has 1 aliphatic heterocycles. The Balaban J connectivity index is 2.24. The van der Waals surface area contributed by atoms with E-state index in [4.69, 9.17) is 4.74 Å². The summed E-state index contributed by atoms with van der Waals surface area (Å²) >= 11 is 0. The van der Waals surface area contributed by atoms with Crippen LogP contribution < -0.4 is 5.32 Å². The van der Waals surface area contributed by atoms with E-state index < -0.39 is 0 Å². The zero-order chi connectivity index (χ0) is 13.7. The molecule has 1 aromatic heterocycles. The third-order valence-corrected chi connectivity index (χ3v) is 3.56. The van der Waals surface area contributed by atoms with Crippen molar-refractivity contribution < 1.29 is 4.74 Å². The smallest absolute Gasteiger partial charge is 0.0876 e. The summed E-state index contributed by atoms with van der Waals surface area (Å²) in [6.45, 7) is 6.18. The third-order valence-electron chi connectivity index (χ3n) is 3.56. The van der Waals surface area contributed by atoms with Crippen LogP contribution in [0.4, 0.5) is 0 Å². The summed E-state index contributed by atoms with van der Waals surface area (Å²) in [5.41, 5.74) is 3.73. The van der Waals surface area contributed by atoms with Crippen LogP contribution in [0, 0.1) is 0 Å². The molecule has 1 N–H and O–H groups in total. The van der Waals surface area contributed by atoms with E-state index in [-0.39, 0.29) is 6.04 Å². The first-order chi connectivity index (χ1) is 9.26. The molecule has 0 fully saturated rings. The minimum Gasteiger partial charge on any atom is -0.501 e. The first-order valence-electron chi connectivity index (χ1n) is 7.33. The Kier molecular flexibility index (Phi) is 5.02. The molecule has 1 unspecified atom stereocenters. The summed E-state index contributed by atoms with van der Waals surface area (Å²) in [6.07, 6.45) is 6.26. The summed E-state index contributed by atoms with van der Waals surface area (Å²) in [7, 11) is 2.03. The Morgan fingerprint density at radius 1 is 1.47 bits per heavy atom. The Bertz CT molecular complexity index is 437. The summed E-state index contributed by atoms with van der Waals surface area (Å²) in [5, 5.41) is 8.19. The van der Waals surface area contributed by atoms with Gasteiger partial charge in [-0.05, 0) is 43.9 Å². The van der Waals surface area contributed by atoms with Crippen LogP contribution in [-0.2, 0) is 18.2 Å². The predicted molar refractivity (Wildman–Crippen MR) is 76.9 cm³/mol. The number of hydrogen-bond acceptors (Lipinski definition) is 3. The van der Waals surface area contributed by atoms with Gasteiger partial charge < -0.3 is 10.1 Å². The number of hydrogen-bond donors (Lipinski definition) is 1. The van der Waals surface area contributed by atoms with E-state index in [9.17, 15) is 0 Å². The van der Waals surface area contributed by atoms with Crippen molar-refractivity contribution in [1.29, 1.82) is 0 Å². The molecule has 4 nitrogen and oxygen atoms in total. The van der Waals surface area contributed by atoms with Gasteiger partial charge in [-0.15, -0.1) is 0 Å². The molecule has 2 rings (SSSR count). The maximum absolute atomic E-state index is 5.51. The van der Waals surface area contributed by atoms with Gasteiger partial charge in [0.15, 0.2) is 0 Å². The molecular weight excluding hydrogens is 238 g/mol. The predicted octanol–water partition coefficient (Wildman–Crippen LogP) is 2.72. The minimum absolute atomic E-state index is 0.234. The Morgan fingerprint density at radius 2 is 2.32 bits per heavy atom. The number of aryl methyl sites for hydroxylation is 2. The van der Waals surface area contributed by atoms with Crippen molar-refractivity contribution in [3.8, 4) is 0 Å². The molecule has 0 radical (unpaired) electrons. The summed E-state index contributed by atoms with van der Waals surface area (Å²) in [6, 6.07) is 2.45. The molecule has 0 bridgehead atoms. The quantitative estimate of drug-likeness (QED) is 0.857. The topological polar surface area (TPSA) is 39.1 Å². The van der Waals surface area contributed by atoms with Crippen molar-refractivity contribution in [2.75, 3.05) is 13.2 Å². The average Bonchev–Trinajstić information content (AvgIpc) is 2.82. The summed E-state index contributed by atoms with van der Waals surface area (Å²) < 4.78 is 7.51. The van der Waals surface area contributed by atoms with Crippen LogP contribution in [0.25, 0.3) is 0 Å². The van der Waals surface area contributed by atoms with E-state index in [0.29, 0.717) is 0 Å². The number of ether oxygens (including phenoxy) is 1. The third kappa shape index (κ3) is 3.38. The number of rotatable bonds is 6. The fourth-order valence-electron chi connectivity index (χ4n) is 2.50. The van der Waals surface area contributed by atoms with Gasteiger partial charge in [0, 0.05) is 7.05 Å². The lowest BCUT2D eigenvalue weighted by molar-refractivity contribution is 0.219. The van der Waals surface area contributed by atoms with Crippen LogP contribution in [0.5, 0.6) is 0 Å². The lowest BCUT2D eigenvalue weighted by Crippen LogP contribution is -2.27. The molecule has 106 valence electrons. The van der Waals surface area contributed by atoms with Crippen LogP contribution in [0.15, 0.2) is 17.9 Å². The van der Waals surface area contributed by atoms with Crippen LogP contribution >= 0.6 is 0 Å². The zero-order valence-corrected chi connectivity index (χ0v) is 12.3. The second kappa shape index (κ2) is 6.75. The van der Waals surface area contributed by atoms with Crippen LogP contribution in [-0.4, -0.2) is 22.9 Å². The van der Waals surface area contributed by atoms with Crippen LogP contribution in [0.3, 0.4) is 0 Å². The van der Waals surface area contributed by atoms with E-state index in [1.54, 1.807) is 0 Å². The van der Waals surface area contributed by atoms with Gasteiger partial charge in [-0.1, -0.05) is 13.8 Å². The van der Waals surface area contributed by atoms with Gasteiger partial charge in [0.1, 0.15) is 0 Å². The molecule has 1 atom stereocenters. The molecule has 4 heteroatoms. The van der Waals surface area contributed by atoms with Gasteiger partial charge in [0.25, 0.3) is 0 Å². The fourth-order valence-corrected chi connectivity index (χ4v) is 2.50. The van der Waals surface area contributed by atoms with E-state index >= 15 is 0 Å². The Labute approximate surface area is 115 Å². The minimum atomic E-state index is 0.234. The van der Waals surface area contributed by atoms with Gasteiger partial charge in [-0.25, -0.2) is 0 Å². The molecule has 0 spiro atoms. The average molecular weight is 263 g/mol. The molecule has 2 heterocycles. The second-order valence-electron chi connectivity index (χ2n) is 5.09. The SMILES string of the molecule is CCCNC(C1=COCCC1)c1cc(CC)nn1C. The first kappa shape index (κ1) is 14.1. The molecule has 0 aromatic carbocycles. The van der Waals surface area contributed by atoms with Crippen LogP contribution in [0.2, 0.25) is 0 Å². The highest BCUT2D eigenvalue weighted by molar-refractivity contribution is 5.24. The largest absolute Gasteiger partial charge is 0.501 e. The van der Waals surface area contributed by atoms with Crippen molar-refractivity contribution >= 4 is 0 Å². The molecule has 1 aromatic rings. The monoisotopic (exact) mass is 263 g/mol. The first-order valence-corrected chi connectivity index (χ1v) is 7.33. The normalized spacial score (nSPS) is 16.9. The van der Waals surface area contributed by atoms with Crippen LogP contribution in [0.1, 0.15) is 50.5 Å². The van der Waals surface area contributed by atoms with Crippen molar-refractivity contribution in [3.63, 3.8) is 0 Å². The standard InChI is InChI=1S/C15H25N3O/c1-4-8-16-15(12-7-6-9-19-11-12)14-10-13(5-2)17-18(14)3/h10-11,15-16H,4-9H2,1-3H3. The highest BCUT2D eigenvalue weighted by Gasteiger charge is 2.22. The molecule has 1 aliphatic rings. The van der Waals surface area contributed by atoms with Crippen molar-refractivity contribution in [2.45, 2.75) is 45.6 Å². The number of aromatic nitrogens is 2. The maximum atomic E-state index is 5.51. The van der Waals surface area contributed by atoms with Crippen molar-refractivity contribution in [3.05, 3.63) is 29.3 Å². The molecule has 0 amide bonds. The number of nitrogens with one attached hydrogen (secondary N) is 1. The van der Waals surface area contributed by atoms with Crippen molar-refractivity contribution in [1.82, 2.24) is 15.1 Å².